The zero-order chi connectivity index (χ0) is 18.6. The van der Waals surface area contributed by atoms with Gasteiger partial charge in [0.2, 0.25) is 0 Å². The predicted octanol–water partition coefficient (Wildman–Crippen LogP) is 3.82. The number of carbonyl (C=O) groups is 1. The summed E-state index contributed by atoms with van der Waals surface area (Å²) in [4.78, 5) is 19.1. The van der Waals surface area contributed by atoms with Crippen molar-refractivity contribution >= 4 is 17.2 Å². The van der Waals surface area contributed by atoms with Gasteiger partial charge in [0.1, 0.15) is 9.88 Å². The number of hydrogen-bond acceptors (Lipinski definition) is 4. The molecule has 0 aliphatic heterocycles. The topological polar surface area (TPSA) is 45.2 Å². The number of alkyl halides is 3. The van der Waals surface area contributed by atoms with Crippen molar-refractivity contribution in [2.45, 2.75) is 19.5 Å². The second-order valence-corrected chi connectivity index (χ2v) is 6.92. The number of amides is 1. The van der Waals surface area contributed by atoms with E-state index in [2.05, 4.69) is 10.3 Å². The summed E-state index contributed by atoms with van der Waals surface area (Å²) in [5, 5.41) is 3.38. The van der Waals surface area contributed by atoms with Gasteiger partial charge in [-0.3, -0.25) is 4.79 Å². The number of nitrogens with zero attached hydrogens (tertiary/aromatic N) is 2. The minimum absolute atomic E-state index is 0.202. The number of hydrogen-bond donors (Lipinski definition) is 1. The third-order valence-electron chi connectivity index (χ3n) is 3.53. The standard InChI is InChI=1S/C17H20F3N3OS/c1-11-14(15(24)21-9-4-10-23(2)3)25-16(22-11)12-5-7-13(8-6-12)17(18,19)20/h5-8H,4,9-10H2,1-3H3,(H,21,24). The average molecular weight is 371 g/mol. The minimum atomic E-state index is -4.37. The van der Waals surface area contributed by atoms with Crippen molar-refractivity contribution in [1.82, 2.24) is 15.2 Å². The van der Waals surface area contributed by atoms with Gasteiger partial charge in [0.25, 0.3) is 5.91 Å². The van der Waals surface area contributed by atoms with E-state index in [0.717, 1.165) is 25.1 Å². The molecule has 2 rings (SSSR count). The van der Waals surface area contributed by atoms with Crippen LogP contribution < -0.4 is 5.32 Å². The molecule has 0 radical (unpaired) electrons. The van der Waals surface area contributed by atoms with E-state index < -0.39 is 11.7 Å². The van der Waals surface area contributed by atoms with E-state index in [0.29, 0.717) is 27.7 Å². The maximum atomic E-state index is 12.6. The molecule has 136 valence electrons. The second-order valence-electron chi connectivity index (χ2n) is 5.92. The SMILES string of the molecule is Cc1nc(-c2ccc(C(F)(F)F)cc2)sc1C(=O)NCCCN(C)C. The van der Waals surface area contributed by atoms with E-state index >= 15 is 0 Å². The van der Waals surface area contributed by atoms with E-state index in [1.54, 1.807) is 6.92 Å². The maximum Gasteiger partial charge on any atom is 0.416 e. The largest absolute Gasteiger partial charge is 0.416 e. The van der Waals surface area contributed by atoms with Crippen molar-refractivity contribution < 1.29 is 18.0 Å². The van der Waals surface area contributed by atoms with Crippen LogP contribution in [-0.2, 0) is 6.18 Å². The molecule has 0 saturated carbocycles. The van der Waals surface area contributed by atoms with Crippen molar-refractivity contribution in [3.05, 3.63) is 40.4 Å². The van der Waals surface area contributed by atoms with Gasteiger partial charge in [-0.05, 0) is 46.1 Å². The third kappa shape index (κ3) is 5.27. The predicted molar refractivity (Wildman–Crippen MR) is 92.8 cm³/mol. The molecule has 0 saturated heterocycles. The lowest BCUT2D eigenvalue weighted by Gasteiger charge is -2.09. The molecule has 4 nitrogen and oxygen atoms in total. The van der Waals surface area contributed by atoms with Crippen molar-refractivity contribution in [2.75, 3.05) is 27.2 Å². The summed E-state index contributed by atoms with van der Waals surface area (Å²) in [5.41, 5.74) is 0.432. The molecule has 0 atom stereocenters. The highest BCUT2D eigenvalue weighted by Gasteiger charge is 2.30. The van der Waals surface area contributed by atoms with Gasteiger partial charge in [0, 0.05) is 12.1 Å². The lowest BCUT2D eigenvalue weighted by Crippen LogP contribution is -2.26. The number of benzene rings is 1. The molecule has 25 heavy (non-hydrogen) atoms. The number of carbonyl (C=O) groups excluding carboxylic acids is 1. The second kappa shape index (κ2) is 7.97. The molecule has 0 aliphatic carbocycles. The molecule has 1 heterocycles. The number of rotatable bonds is 6. The Bertz CT molecular complexity index is 724. The van der Waals surface area contributed by atoms with Gasteiger partial charge >= 0.3 is 6.18 Å². The van der Waals surface area contributed by atoms with E-state index in [-0.39, 0.29) is 5.91 Å². The first kappa shape index (κ1) is 19.4. The summed E-state index contributed by atoms with van der Waals surface area (Å²) >= 11 is 1.18. The van der Waals surface area contributed by atoms with Crippen LogP contribution in [0.15, 0.2) is 24.3 Å². The van der Waals surface area contributed by atoms with Crippen molar-refractivity contribution in [1.29, 1.82) is 0 Å². The Morgan fingerprint density at radius 2 is 1.88 bits per heavy atom. The van der Waals surface area contributed by atoms with E-state index in [1.807, 2.05) is 19.0 Å². The molecule has 8 heteroatoms. The Hall–Kier alpha value is -1.93. The summed E-state index contributed by atoms with van der Waals surface area (Å²) in [6.07, 6.45) is -3.53. The number of aryl methyl sites for hydroxylation is 1. The first-order valence-electron chi connectivity index (χ1n) is 7.76. The zero-order valence-electron chi connectivity index (χ0n) is 14.3. The van der Waals surface area contributed by atoms with Crippen molar-refractivity contribution in [2.24, 2.45) is 0 Å². The van der Waals surface area contributed by atoms with Crippen LogP contribution in [0, 0.1) is 6.92 Å². The normalized spacial score (nSPS) is 11.8. The molecule has 0 spiro atoms. The summed E-state index contributed by atoms with van der Waals surface area (Å²) in [6.45, 7) is 3.15. The average Bonchev–Trinajstić information content (AvgIpc) is 2.92. The fourth-order valence-electron chi connectivity index (χ4n) is 2.21. The zero-order valence-corrected chi connectivity index (χ0v) is 15.1. The smallest absolute Gasteiger partial charge is 0.351 e. The molecule has 0 bridgehead atoms. The van der Waals surface area contributed by atoms with Crippen molar-refractivity contribution in [3.8, 4) is 10.6 Å². The Morgan fingerprint density at radius 1 is 1.24 bits per heavy atom. The van der Waals surface area contributed by atoms with Crippen LogP contribution in [-0.4, -0.2) is 43.0 Å². The molecule has 0 fully saturated rings. The van der Waals surface area contributed by atoms with Gasteiger partial charge in [0.15, 0.2) is 0 Å². The number of halogens is 3. The number of aromatic nitrogens is 1. The Balaban J connectivity index is 2.07. The van der Waals surface area contributed by atoms with Crippen LogP contribution in [0.4, 0.5) is 13.2 Å². The number of nitrogens with one attached hydrogen (secondary N) is 1. The van der Waals surface area contributed by atoms with Crippen LogP contribution in [0.25, 0.3) is 10.6 Å². The van der Waals surface area contributed by atoms with Crippen LogP contribution in [0.1, 0.15) is 27.3 Å². The summed E-state index contributed by atoms with van der Waals surface area (Å²) in [6, 6.07) is 4.79. The van der Waals surface area contributed by atoms with E-state index in [4.69, 9.17) is 0 Å². The Labute approximate surface area is 148 Å². The highest BCUT2D eigenvalue weighted by molar-refractivity contribution is 7.17. The molecule has 1 amide bonds. The molecule has 2 aromatic rings. The molecule has 1 N–H and O–H groups in total. The molecule has 0 aliphatic rings. The third-order valence-corrected chi connectivity index (χ3v) is 4.73. The van der Waals surface area contributed by atoms with Gasteiger partial charge in [-0.2, -0.15) is 13.2 Å². The molecule has 1 aromatic carbocycles. The van der Waals surface area contributed by atoms with Crippen molar-refractivity contribution in [3.63, 3.8) is 0 Å². The van der Waals surface area contributed by atoms with Gasteiger partial charge in [-0.15, -0.1) is 11.3 Å². The summed E-state index contributed by atoms with van der Waals surface area (Å²) < 4.78 is 37.9. The molecular weight excluding hydrogens is 351 g/mol. The quantitative estimate of drug-likeness (QED) is 0.785. The minimum Gasteiger partial charge on any atom is -0.351 e. The fourth-order valence-corrected chi connectivity index (χ4v) is 3.20. The molecular formula is C17H20F3N3OS. The van der Waals surface area contributed by atoms with Gasteiger partial charge < -0.3 is 10.2 Å². The fraction of sp³-hybridized carbons (Fsp3) is 0.412. The van der Waals surface area contributed by atoms with E-state index in [9.17, 15) is 18.0 Å². The maximum absolute atomic E-state index is 12.6. The van der Waals surface area contributed by atoms with Crippen LogP contribution in [0.2, 0.25) is 0 Å². The summed E-state index contributed by atoms with van der Waals surface area (Å²) in [5.74, 6) is -0.202. The van der Waals surface area contributed by atoms with Gasteiger partial charge in [-0.1, -0.05) is 12.1 Å². The number of thiazole rings is 1. The lowest BCUT2D eigenvalue weighted by atomic mass is 10.1. The molecule has 0 unspecified atom stereocenters. The highest BCUT2D eigenvalue weighted by Crippen LogP contribution is 2.32. The van der Waals surface area contributed by atoms with E-state index in [1.165, 1.54) is 23.5 Å². The first-order chi connectivity index (χ1) is 11.7. The van der Waals surface area contributed by atoms with Gasteiger partial charge in [-0.25, -0.2) is 4.98 Å². The lowest BCUT2D eigenvalue weighted by molar-refractivity contribution is -0.137. The first-order valence-corrected chi connectivity index (χ1v) is 8.58. The van der Waals surface area contributed by atoms with Crippen LogP contribution in [0.3, 0.4) is 0 Å². The monoisotopic (exact) mass is 371 g/mol. The van der Waals surface area contributed by atoms with Crippen LogP contribution in [0.5, 0.6) is 0 Å². The summed E-state index contributed by atoms with van der Waals surface area (Å²) in [7, 11) is 3.93. The Kier molecular flexibility index (Phi) is 6.18. The molecule has 1 aromatic heterocycles. The van der Waals surface area contributed by atoms with Crippen LogP contribution >= 0.6 is 11.3 Å². The van der Waals surface area contributed by atoms with Gasteiger partial charge in [0.05, 0.1) is 11.3 Å². The highest BCUT2D eigenvalue weighted by atomic mass is 32.1. The Morgan fingerprint density at radius 3 is 2.44 bits per heavy atom.